The molecule has 146 valence electrons. The van der Waals surface area contributed by atoms with Crippen molar-refractivity contribution in [1.82, 2.24) is 14.9 Å². The molecule has 0 unspecified atom stereocenters. The maximum absolute atomic E-state index is 13.2. The van der Waals surface area contributed by atoms with Gasteiger partial charge in [-0.2, -0.15) is 0 Å². The first-order valence-electron chi connectivity index (χ1n) is 9.06. The van der Waals surface area contributed by atoms with Crippen molar-refractivity contribution in [2.75, 3.05) is 18.8 Å². The smallest absolute Gasteiger partial charge is 0.233 e. The summed E-state index contributed by atoms with van der Waals surface area (Å²) in [5.41, 5.74) is 1.77. The second kappa shape index (κ2) is 8.14. The van der Waals surface area contributed by atoms with E-state index in [4.69, 9.17) is 4.74 Å². The number of aromatic nitrogens is 2. The lowest BCUT2D eigenvalue weighted by Gasteiger charge is -2.35. The molecule has 1 saturated heterocycles. The Kier molecular flexibility index (Phi) is 5.61. The van der Waals surface area contributed by atoms with Gasteiger partial charge in [0.1, 0.15) is 17.2 Å². The lowest BCUT2D eigenvalue weighted by Crippen LogP contribution is -2.48. The van der Waals surface area contributed by atoms with E-state index in [9.17, 15) is 9.18 Å². The van der Waals surface area contributed by atoms with Crippen LogP contribution in [0.1, 0.15) is 13.8 Å². The summed E-state index contributed by atoms with van der Waals surface area (Å²) >= 11 is 2.99. The predicted molar refractivity (Wildman–Crippen MR) is 110 cm³/mol. The minimum Gasteiger partial charge on any atom is -0.372 e. The molecule has 3 heterocycles. The van der Waals surface area contributed by atoms with Gasteiger partial charge in [-0.15, -0.1) is 11.3 Å². The second-order valence-electron chi connectivity index (χ2n) is 6.86. The number of halogens is 1. The summed E-state index contributed by atoms with van der Waals surface area (Å²) in [5, 5.41) is 0.797. The van der Waals surface area contributed by atoms with E-state index in [-0.39, 0.29) is 23.9 Å². The molecule has 3 aromatic rings. The number of ether oxygens (including phenoxy) is 1. The molecule has 0 radical (unpaired) electrons. The summed E-state index contributed by atoms with van der Waals surface area (Å²) in [7, 11) is 0. The molecule has 0 bridgehead atoms. The highest BCUT2D eigenvalue weighted by Gasteiger charge is 2.26. The van der Waals surface area contributed by atoms with E-state index in [1.807, 2.05) is 24.8 Å². The standard InChI is InChI=1S/C20H20FN3O2S2/c1-12-8-24(9-13(2)26-12)18(25)10-27-20-19-16(22-11-23-20)7-17(28-19)14-3-5-15(21)6-4-14/h3-7,11-13H,8-10H2,1-2H3/t12-,13-/m1/s1. The Bertz CT molecular complexity index is 983. The van der Waals surface area contributed by atoms with Crippen molar-refractivity contribution in [2.45, 2.75) is 31.1 Å². The SMILES string of the molecule is C[C@@H]1CN(C(=O)CSc2ncnc3cc(-c4ccc(F)cc4)sc23)C[C@@H](C)O1. The fourth-order valence-corrected chi connectivity index (χ4v) is 5.40. The Labute approximate surface area is 170 Å². The predicted octanol–water partition coefficient (Wildman–Crippen LogP) is 4.23. The number of thiophene rings is 1. The number of thioether (sulfide) groups is 1. The third kappa shape index (κ3) is 4.19. The summed E-state index contributed by atoms with van der Waals surface area (Å²) in [6.07, 6.45) is 1.63. The molecule has 4 rings (SSSR count). The first-order valence-corrected chi connectivity index (χ1v) is 10.9. The molecule has 1 aromatic carbocycles. The van der Waals surface area contributed by atoms with E-state index in [1.54, 1.807) is 23.5 Å². The van der Waals surface area contributed by atoms with E-state index in [0.29, 0.717) is 18.8 Å². The van der Waals surface area contributed by atoms with Crippen LogP contribution in [0.4, 0.5) is 4.39 Å². The van der Waals surface area contributed by atoms with Crippen LogP contribution in [-0.4, -0.2) is 51.8 Å². The number of hydrogen-bond donors (Lipinski definition) is 0. The van der Waals surface area contributed by atoms with Gasteiger partial charge < -0.3 is 9.64 Å². The molecule has 8 heteroatoms. The normalized spacial score (nSPS) is 19.9. The van der Waals surface area contributed by atoms with E-state index in [1.165, 1.54) is 30.2 Å². The highest BCUT2D eigenvalue weighted by Crippen LogP contribution is 2.37. The van der Waals surface area contributed by atoms with Gasteiger partial charge in [0.2, 0.25) is 5.91 Å². The molecule has 1 amide bonds. The summed E-state index contributed by atoms with van der Waals surface area (Å²) in [6, 6.07) is 8.38. The van der Waals surface area contributed by atoms with Crippen LogP contribution in [0, 0.1) is 5.82 Å². The van der Waals surface area contributed by atoms with Crippen LogP contribution in [0.15, 0.2) is 41.7 Å². The quantitative estimate of drug-likeness (QED) is 0.470. The average Bonchev–Trinajstić information content (AvgIpc) is 3.10. The van der Waals surface area contributed by atoms with E-state index in [2.05, 4.69) is 9.97 Å². The van der Waals surface area contributed by atoms with Crippen molar-refractivity contribution in [3.05, 3.63) is 42.5 Å². The summed E-state index contributed by atoms with van der Waals surface area (Å²) in [4.78, 5) is 24.2. The molecule has 2 atom stereocenters. The largest absolute Gasteiger partial charge is 0.372 e. The lowest BCUT2D eigenvalue weighted by atomic mass is 10.2. The molecule has 5 nitrogen and oxygen atoms in total. The molecule has 1 fully saturated rings. The van der Waals surface area contributed by atoms with Crippen LogP contribution in [0.25, 0.3) is 20.7 Å². The maximum Gasteiger partial charge on any atom is 0.233 e. The molecule has 1 aliphatic rings. The Morgan fingerprint density at radius 2 is 1.96 bits per heavy atom. The molecule has 2 aromatic heterocycles. The minimum atomic E-state index is -0.258. The van der Waals surface area contributed by atoms with E-state index >= 15 is 0 Å². The van der Waals surface area contributed by atoms with Gasteiger partial charge in [0.25, 0.3) is 0 Å². The van der Waals surface area contributed by atoms with Crippen molar-refractivity contribution >= 4 is 39.2 Å². The molecule has 0 spiro atoms. The van der Waals surface area contributed by atoms with Gasteiger partial charge in [0.05, 0.1) is 28.2 Å². The van der Waals surface area contributed by atoms with Crippen molar-refractivity contribution < 1.29 is 13.9 Å². The number of carbonyl (C=O) groups excluding carboxylic acids is 1. The van der Waals surface area contributed by atoms with Gasteiger partial charge in [0.15, 0.2) is 0 Å². The van der Waals surface area contributed by atoms with Crippen LogP contribution in [0.3, 0.4) is 0 Å². The Hall–Kier alpha value is -2.03. The first kappa shape index (κ1) is 19.3. The van der Waals surface area contributed by atoms with Gasteiger partial charge in [-0.25, -0.2) is 14.4 Å². The molecule has 0 saturated carbocycles. The maximum atomic E-state index is 13.2. The zero-order valence-electron chi connectivity index (χ0n) is 15.6. The molecule has 1 aliphatic heterocycles. The third-order valence-corrected chi connectivity index (χ3v) is 6.80. The Balaban J connectivity index is 1.51. The van der Waals surface area contributed by atoms with Crippen molar-refractivity contribution in [3.63, 3.8) is 0 Å². The van der Waals surface area contributed by atoms with Gasteiger partial charge >= 0.3 is 0 Å². The van der Waals surface area contributed by atoms with Gasteiger partial charge in [-0.05, 0) is 37.6 Å². The molecule has 0 aliphatic carbocycles. The van der Waals surface area contributed by atoms with Crippen LogP contribution in [0.2, 0.25) is 0 Å². The highest BCUT2D eigenvalue weighted by molar-refractivity contribution is 8.00. The van der Waals surface area contributed by atoms with Crippen molar-refractivity contribution in [1.29, 1.82) is 0 Å². The van der Waals surface area contributed by atoms with Gasteiger partial charge in [-0.1, -0.05) is 23.9 Å². The lowest BCUT2D eigenvalue weighted by molar-refractivity contribution is -0.140. The van der Waals surface area contributed by atoms with Crippen LogP contribution < -0.4 is 0 Å². The number of amides is 1. The fourth-order valence-electron chi connectivity index (χ4n) is 3.29. The number of carbonyl (C=O) groups is 1. The summed E-state index contributed by atoms with van der Waals surface area (Å²) < 4.78 is 19.8. The zero-order valence-corrected chi connectivity index (χ0v) is 17.2. The zero-order chi connectivity index (χ0) is 19.7. The number of nitrogens with zero attached hydrogens (tertiary/aromatic N) is 3. The number of rotatable bonds is 4. The molecule has 28 heavy (non-hydrogen) atoms. The van der Waals surface area contributed by atoms with Gasteiger partial charge in [0, 0.05) is 18.0 Å². The van der Waals surface area contributed by atoms with Crippen LogP contribution >= 0.6 is 23.1 Å². The second-order valence-corrected chi connectivity index (χ2v) is 8.87. The van der Waals surface area contributed by atoms with Crippen molar-refractivity contribution in [3.8, 4) is 10.4 Å². The van der Waals surface area contributed by atoms with Crippen molar-refractivity contribution in [2.24, 2.45) is 0 Å². The van der Waals surface area contributed by atoms with Crippen LogP contribution in [-0.2, 0) is 9.53 Å². The van der Waals surface area contributed by atoms with Gasteiger partial charge in [-0.3, -0.25) is 4.79 Å². The number of fused-ring (bicyclic) bond motifs is 1. The Morgan fingerprint density at radius 1 is 1.25 bits per heavy atom. The van der Waals surface area contributed by atoms with E-state index in [0.717, 1.165) is 25.7 Å². The first-order chi connectivity index (χ1) is 13.5. The third-order valence-electron chi connectivity index (χ3n) is 4.51. The average molecular weight is 418 g/mol. The molecular weight excluding hydrogens is 397 g/mol. The summed E-state index contributed by atoms with van der Waals surface area (Å²) in [5.74, 6) is 0.162. The number of hydrogen-bond acceptors (Lipinski definition) is 6. The number of benzene rings is 1. The highest BCUT2D eigenvalue weighted by atomic mass is 32.2. The monoisotopic (exact) mass is 417 g/mol. The molecular formula is C20H20FN3O2S2. The number of morpholine rings is 1. The Morgan fingerprint density at radius 3 is 2.68 bits per heavy atom. The van der Waals surface area contributed by atoms with E-state index < -0.39 is 0 Å². The fraction of sp³-hybridized carbons (Fsp3) is 0.350. The molecule has 0 N–H and O–H groups in total. The topological polar surface area (TPSA) is 55.3 Å². The van der Waals surface area contributed by atoms with Crippen LogP contribution in [0.5, 0.6) is 0 Å². The minimum absolute atomic E-state index is 0.0546. The summed E-state index contributed by atoms with van der Waals surface area (Å²) in [6.45, 7) is 5.21.